The number of hydrogen-bond donors (Lipinski definition) is 1. The van der Waals surface area contributed by atoms with E-state index in [0.717, 1.165) is 6.29 Å². The van der Waals surface area contributed by atoms with Crippen LogP contribution in [-0.4, -0.2) is 37.5 Å². The first kappa shape index (κ1) is 13.2. The molecule has 1 aliphatic rings. The number of fused-ring (bicyclic) bond motifs is 1. The van der Waals surface area contributed by atoms with Crippen LogP contribution < -0.4 is 9.64 Å². The van der Waals surface area contributed by atoms with Crippen LogP contribution in [0.1, 0.15) is 20.8 Å². The van der Waals surface area contributed by atoms with Gasteiger partial charge in [-0.3, -0.25) is 4.79 Å². The van der Waals surface area contributed by atoms with Gasteiger partial charge in [-0.1, -0.05) is 12.1 Å². The van der Waals surface area contributed by atoms with Gasteiger partial charge in [0.2, 0.25) is 0 Å². The number of nitrogens with zero attached hydrogens (tertiary/aromatic N) is 1. The summed E-state index contributed by atoms with van der Waals surface area (Å²) in [5.74, 6) is 0.864. The van der Waals surface area contributed by atoms with Crippen molar-refractivity contribution >= 4 is 23.8 Å². The predicted molar refractivity (Wildman–Crippen MR) is 76.5 cm³/mol. The number of benzene rings is 1. The third-order valence-corrected chi connectivity index (χ3v) is 3.35. The summed E-state index contributed by atoms with van der Waals surface area (Å²) in [6.07, 6.45) is 0.728. The van der Waals surface area contributed by atoms with Crippen LogP contribution in [0.15, 0.2) is 30.3 Å². The minimum Gasteiger partial charge on any atom is -0.488 e. The van der Waals surface area contributed by atoms with E-state index in [9.17, 15) is 9.59 Å². The van der Waals surface area contributed by atoms with Gasteiger partial charge in [-0.15, -0.1) is 0 Å². The number of ether oxygens (including phenoxy) is 2. The van der Waals surface area contributed by atoms with Crippen molar-refractivity contribution in [2.24, 2.45) is 0 Å². The minimum absolute atomic E-state index is 0.402. The van der Waals surface area contributed by atoms with E-state index in [2.05, 4.69) is 4.98 Å². The van der Waals surface area contributed by atoms with Gasteiger partial charge in [0.1, 0.15) is 6.61 Å². The SMILES string of the molecule is COC(=O)c1ccccc1N1CCOc2cc(C=O)[nH]c21. The van der Waals surface area contributed by atoms with Gasteiger partial charge in [-0.25, -0.2) is 4.79 Å². The van der Waals surface area contributed by atoms with E-state index in [4.69, 9.17) is 9.47 Å². The maximum Gasteiger partial charge on any atom is 0.339 e. The van der Waals surface area contributed by atoms with Crippen LogP contribution in [0.2, 0.25) is 0 Å². The second-order valence-electron chi connectivity index (χ2n) is 4.56. The Morgan fingerprint density at radius 3 is 3.00 bits per heavy atom. The number of anilines is 2. The number of H-pyrrole nitrogens is 1. The van der Waals surface area contributed by atoms with Gasteiger partial charge >= 0.3 is 5.97 Å². The Kier molecular flexibility index (Phi) is 3.35. The average molecular weight is 286 g/mol. The number of rotatable bonds is 3. The van der Waals surface area contributed by atoms with Crippen molar-refractivity contribution in [3.05, 3.63) is 41.6 Å². The van der Waals surface area contributed by atoms with E-state index in [-0.39, 0.29) is 0 Å². The molecule has 0 saturated heterocycles. The highest BCUT2D eigenvalue weighted by Gasteiger charge is 2.25. The molecule has 0 saturated carbocycles. The number of hydrogen-bond acceptors (Lipinski definition) is 5. The maximum absolute atomic E-state index is 11.9. The number of methoxy groups -OCH3 is 1. The first-order valence-electron chi connectivity index (χ1n) is 6.50. The molecule has 0 aliphatic carbocycles. The Hall–Kier alpha value is -2.76. The van der Waals surface area contributed by atoms with Crippen LogP contribution >= 0.6 is 0 Å². The van der Waals surface area contributed by atoms with Crippen LogP contribution in [0, 0.1) is 0 Å². The molecule has 0 spiro atoms. The Morgan fingerprint density at radius 2 is 2.24 bits per heavy atom. The highest BCUT2D eigenvalue weighted by atomic mass is 16.5. The summed E-state index contributed by atoms with van der Waals surface area (Å²) in [5.41, 5.74) is 1.62. The molecule has 0 radical (unpaired) electrons. The Bertz CT molecular complexity index is 693. The second kappa shape index (κ2) is 5.32. The molecule has 3 rings (SSSR count). The van der Waals surface area contributed by atoms with Crippen molar-refractivity contribution in [3.63, 3.8) is 0 Å². The topological polar surface area (TPSA) is 71.6 Å². The standard InChI is InChI=1S/C15H14N2O4/c1-20-15(19)11-4-2-3-5-12(11)17-6-7-21-13-8-10(9-18)16-14(13)17/h2-5,8-9,16H,6-7H2,1H3. The zero-order valence-corrected chi connectivity index (χ0v) is 11.5. The van der Waals surface area contributed by atoms with Crippen molar-refractivity contribution < 1.29 is 19.1 Å². The van der Waals surface area contributed by atoms with Crippen molar-refractivity contribution in [1.29, 1.82) is 0 Å². The summed E-state index contributed by atoms with van der Waals surface area (Å²) < 4.78 is 10.4. The van der Waals surface area contributed by atoms with Crippen molar-refractivity contribution in [3.8, 4) is 5.75 Å². The maximum atomic E-state index is 11.9. The fourth-order valence-electron chi connectivity index (χ4n) is 2.41. The van der Waals surface area contributed by atoms with Gasteiger partial charge in [0.15, 0.2) is 17.9 Å². The Morgan fingerprint density at radius 1 is 1.43 bits per heavy atom. The van der Waals surface area contributed by atoms with Gasteiger partial charge in [-0.2, -0.15) is 0 Å². The number of esters is 1. The highest BCUT2D eigenvalue weighted by Crippen LogP contribution is 2.37. The zero-order chi connectivity index (χ0) is 14.8. The Labute approximate surface area is 121 Å². The van der Waals surface area contributed by atoms with Gasteiger partial charge < -0.3 is 19.4 Å². The molecule has 1 N–H and O–H groups in total. The molecule has 0 unspecified atom stereocenters. The van der Waals surface area contributed by atoms with Crippen LogP contribution in [0.25, 0.3) is 0 Å². The normalized spacial score (nSPS) is 13.3. The number of aromatic nitrogens is 1. The summed E-state index contributed by atoms with van der Waals surface area (Å²) in [6.45, 7) is 1.04. The predicted octanol–water partition coefficient (Wildman–Crippen LogP) is 2.14. The minimum atomic E-state index is -0.402. The van der Waals surface area contributed by atoms with Crippen LogP contribution in [0.4, 0.5) is 11.5 Å². The summed E-state index contributed by atoms with van der Waals surface area (Å²) in [7, 11) is 1.35. The molecule has 1 aliphatic heterocycles. The van der Waals surface area contributed by atoms with Gasteiger partial charge in [0, 0.05) is 6.07 Å². The van der Waals surface area contributed by atoms with Gasteiger partial charge in [0.05, 0.1) is 30.6 Å². The van der Waals surface area contributed by atoms with E-state index >= 15 is 0 Å². The fourth-order valence-corrected chi connectivity index (χ4v) is 2.41. The smallest absolute Gasteiger partial charge is 0.339 e. The number of carbonyl (C=O) groups is 2. The van der Waals surface area contributed by atoms with E-state index in [1.165, 1.54) is 7.11 Å². The van der Waals surface area contributed by atoms with E-state index in [1.54, 1.807) is 18.2 Å². The molecule has 2 heterocycles. The molecule has 108 valence electrons. The molecule has 0 amide bonds. The van der Waals surface area contributed by atoms with Crippen LogP contribution in [0.3, 0.4) is 0 Å². The monoisotopic (exact) mass is 286 g/mol. The fraction of sp³-hybridized carbons (Fsp3) is 0.200. The zero-order valence-electron chi connectivity index (χ0n) is 11.5. The van der Waals surface area contributed by atoms with Crippen molar-refractivity contribution in [2.75, 3.05) is 25.2 Å². The molecule has 0 fully saturated rings. The average Bonchev–Trinajstić information content (AvgIpc) is 2.97. The van der Waals surface area contributed by atoms with Crippen molar-refractivity contribution in [1.82, 2.24) is 4.98 Å². The third kappa shape index (κ3) is 2.24. The number of carbonyl (C=O) groups excluding carboxylic acids is 2. The first-order chi connectivity index (χ1) is 10.2. The van der Waals surface area contributed by atoms with E-state index in [0.29, 0.717) is 41.7 Å². The van der Waals surface area contributed by atoms with Gasteiger partial charge in [-0.05, 0) is 12.1 Å². The molecule has 1 aromatic heterocycles. The number of para-hydroxylation sites is 1. The largest absolute Gasteiger partial charge is 0.488 e. The summed E-state index contributed by atoms with van der Waals surface area (Å²) >= 11 is 0. The second-order valence-corrected chi connectivity index (χ2v) is 4.56. The molecule has 6 heteroatoms. The van der Waals surface area contributed by atoms with Crippen LogP contribution in [-0.2, 0) is 4.74 Å². The lowest BCUT2D eigenvalue weighted by molar-refractivity contribution is 0.0601. The molecular weight excluding hydrogens is 272 g/mol. The molecule has 2 aromatic rings. The lowest BCUT2D eigenvalue weighted by Gasteiger charge is -2.29. The summed E-state index contributed by atoms with van der Waals surface area (Å²) in [5, 5.41) is 0. The quantitative estimate of drug-likeness (QED) is 0.691. The van der Waals surface area contributed by atoms with Crippen molar-refractivity contribution in [2.45, 2.75) is 0 Å². The summed E-state index contributed by atoms with van der Waals surface area (Å²) in [4.78, 5) is 27.7. The molecule has 21 heavy (non-hydrogen) atoms. The molecule has 0 atom stereocenters. The summed E-state index contributed by atoms with van der Waals surface area (Å²) in [6, 6.07) is 8.82. The Balaban J connectivity index is 2.09. The molecular formula is C15H14N2O4. The number of nitrogens with one attached hydrogen (secondary N) is 1. The first-order valence-corrected chi connectivity index (χ1v) is 6.50. The third-order valence-electron chi connectivity index (χ3n) is 3.35. The van der Waals surface area contributed by atoms with E-state index < -0.39 is 5.97 Å². The molecule has 6 nitrogen and oxygen atoms in total. The number of aromatic amines is 1. The van der Waals surface area contributed by atoms with Gasteiger partial charge in [0.25, 0.3) is 0 Å². The van der Waals surface area contributed by atoms with E-state index in [1.807, 2.05) is 17.0 Å². The lowest BCUT2D eigenvalue weighted by Crippen LogP contribution is -2.29. The highest BCUT2D eigenvalue weighted by molar-refractivity contribution is 5.97. The van der Waals surface area contributed by atoms with Crippen LogP contribution in [0.5, 0.6) is 5.75 Å². The molecule has 1 aromatic carbocycles. The molecule has 0 bridgehead atoms. The number of aldehydes is 1. The lowest BCUT2D eigenvalue weighted by atomic mass is 10.1.